The van der Waals surface area contributed by atoms with Gasteiger partial charge in [-0.25, -0.2) is 0 Å². The van der Waals surface area contributed by atoms with E-state index < -0.39 is 0 Å². The van der Waals surface area contributed by atoms with Gasteiger partial charge in [0.25, 0.3) is 0 Å². The van der Waals surface area contributed by atoms with E-state index in [2.05, 4.69) is 12.7 Å². The Balaban J connectivity index is 1.90. The van der Waals surface area contributed by atoms with Gasteiger partial charge < -0.3 is 0 Å². The summed E-state index contributed by atoms with van der Waals surface area (Å²) in [6, 6.07) is 0. The third kappa shape index (κ3) is 1.04. The van der Waals surface area contributed by atoms with Crippen LogP contribution in [0.15, 0.2) is 12.7 Å². The van der Waals surface area contributed by atoms with Crippen molar-refractivity contribution in [3.05, 3.63) is 12.7 Å². The van der Waals surface area contributed by atoms with Crippen LogP contribution in [0, 0.1) is 16.7 Å². The van der Waals surface area contributed by atoms with Gasteiger partial charge in [0.15, 0.2) is 0 Å². The van der Waals surface area contributed by atoms with Crippen molar-refractivity contribution >= 4 is 0 Å². The minimum Gasteiger partial charge on any atom is -0.103 e. The molecule has 0 N–H and O–H groups in total. The van der Waals surface area contributed by atoms with E-state index in [4.69, 9.17) is 0 Å². The molecule has 2 unspecified atom stereocenters. The van der Waals surface area contributed by atoms with Crippen molar-refractivity contribution in [3.8, 4) is 0 Å². The first-order valence-electron chi connectivity index (χ1n) is 5.92. The second-order valence-electron chi connectivity index (χ2n) is 5.76. The van der Waals surface area contributed by atoms with Crippen LogP contribution in [0.25, 0.3) is 0 Å². The van der Waals surface area contributed by atoms with Crippen molar-refractivity contribution in [2.75, 3.05) is 0 Å². The van der Waals surface area contributed by atoms with Crippen LogP contribution in [0.5, 0.6) is 0 Å². The Bertz CT molecular complexity index is 236. The molecule has 0 nitrogen and oxygen atoms in total. The van der Waals surface area contributed by atoms with Gasteiger partial charge in [0.1, 0.15) is 0 Å². The average molecular weight is 176 g/mol. The van der Waals surface area contributed by atoms with Crippen molar-refractivity contribution in [2.45, 2.75) is 51.4 Å². The number of hydrogen-bond donors (Lipinski definition) is 0. The Morgan fingerprint density at radius 2 is 2.00 bits per heavy atom. The third-order valence-electron chi connectivity index (χ3n) is 5.01. The van der Waals surface area contributed by atoms with Crippen LogP contribution in [0.4, 0.5) is 0 Å². The molecule has 2 atom stereocenters. The molecule has 3 saturated carbocycles. The smallest absolute Gasteiger partial charge is 0.00872 e. The summed E-state index contributed by atoms with van der Waals surface area (Å²) < 4.78 is 0. The molecule has 3 fully saturated rings. The van der Waals surface area contributed by atoms with Gasteiger partial charge in [0, 0.05) is 0 Å². The van der Waals surface area contributed by atoms with Crippen molar-refractivity contribution in [2.24, 2.45) is 16.7 Å². The molecular weight excluding hydrogens is 156 g/mol. The molecule has 1 spiro atoms. The SMILES string of the molecule is C=CC12CCCCC1CC1(CC1)C2. The fourth-order valence-electron chi connectivity index (χ4n) is 4.07. The van der Waals surface area contributed by atoms with E-state index in [-0.39, 0.29) is 0 Å². The summed E-state index contributed by atoms with van der Waals surface area (Å²) in [4.78, 5) is 0. The molecule has 13 heavy (non-hydrogen) atoms. The molecule has 0 saturated heterocycles. The first-order valence-corrected chi connectivity index (χ1v) is 5.92. The van der Waals surface area contributed by atoms with E-state index in [1.165, 1.54) is 44.9 Å². The molecule has 0 aromatic carbocycles. The molecule has 0 amide bonds. The van der Waals surface area contributed by atoms with E-state index in [0.717, 1.165) is 11.3 Å². The van der Waals surface area contributed by atoms with Crippen LogP contribution >= 0.6 is 0 Å². The molecule has 72 valence electrons. The van der Waals surface area contributed by atoms with Crippen molar-refractivity contribution < 1.29 is 0 Å². The van der Waals surface area contributed by atoms with Crippen molar-refractivity contribution in [1.82, 2.24) is 0 Å². The highest BCUT2D eigenvalue weighted by Gasteiger charge is 2.58. The topological polar surface area (TPSA) is 0 Å². The predicted molar refractivity (Wildman–Crippen MR) is 55.5 cm³/mol. The Morgan fingerprint density at radius 1 is 1.15 bits per heavy atom. The molecule has 0 aromatic rings. The van der Waals surface area contributed by atoms with Crippen LogP contribution in [-0.4, -0.2) is 0 Å². The summed E-state index contributed by atoms with van der Waals surface area (Å²) in [6.07, 6.45) is 14.3. The van der Waals surface area contributed by atoms with Gasteiger partial charge in [-0.2, -0.15) is 0 Å². The Labute approximate surface area is 81.4 Å². The molecule has 0 aliphatic heterocycles. The fraction of sp³-hybridized carbons (Fsp3) is 0.846. The van der Waals surface area contributed by atoms with Crippen molar-refractivity contribution in [3.63, 3.8) is 0 Å². The van der Waals surface area contributed by atoms with Crippen LogP contribution in [0.1, 0.15) is 51.4 Å². The Morgan fingerprint density at radius 3 is 2.62 bits per heavy atom. The van der Waals surface area contributed by atoms with Gasteiger partial charge >= 0.3 is 0 Å². The summed E-state index contributed by atoms with van der Waals surface area (Å²) in [6.45, 7) is 4.11. The van der Waals surface area contributed by atoms with Gasteiger partial charge in [-0.1, -0.05) is 18.9 Å². The Hall–Kier alpha value is -0.260. The number of hydrogen-bond acceptors (Lipinski definition) is 0. The highest BCUT2D eigenvalue weighted by atomic mass is 14.6. The summed E-state index contributed by atoms with van der Waals surface area (Å²) in [5.41, 5.74) is 1.41. The Kier molecular flexibility index (Phi) is 1.49. The minimum atomic E-state index is 0.592. The molecule has 0 aromatic heterocycles. The highest BCUT2D eigenvalue weighted by molar-refractivity contribution is 5.15. The lowest BCUT2D eigenvalue weighted by Crippen LogP contribution is -2.26. The highest BCUT2D eigenvalue weighted by Crippen LogP contribution is 2.69. The van der Waals surface area contributed by atoms with Crippen LogP contribution in [0.2, 0.25) is 0 Å². The summed E-state index contributed by atoms with van der Waals surface area (Å²) >= 11 is 0. The zero-order valence-corrected chi connectivity index (χ0v) is 8.52. The minimum absolute atomic E-state index is 0.592. The predicted octanol–water partition coefficient (Wildman–Crippen LogP) is 3.92. The van der Waals surface area contributed by atoms with Gasteiger partial charge in [-0.15, -0.1) is 6.58 Å². The number of rotatable bonds is 1. The zero-order chi connectivity index (χ0) is 8.94. The van der Waals surface area contributed by atoms with Crippen molar-refractivity contribution in [1.29, 1.82) is 0 Å². The summed E-state index contributed by atoms with van der Waals surface area (Å²) in [5.74, 6) is 1.02. The van der Waals surface area contributed by atoms with Gasteiger partial charge in [-0.3, -0.25) is 0 Å². The average Bonchev–Trinajstić information content (AvgIpc) is 2.80. The lowest BCUT2D eigenvalue weighted by atomic mass is 9.68. The maximum atomic E-state index is 4.11. The normalized spacial score (nSPS) is 46.0. The van der Waals surface area contributed by atoms with E-state index >= 15 is 0 Å². The van der Waals surface area contributed by atoms with Gasteiger partial charge in [0.05, 0.1) is 0 Å². The number of fused-ring (bicyclic) bond motifs is 1. The van der Waals surface area contributed by atoms with E-state index in [9.17, 15) is 0 Å². The lowest BCUT2D eigenvalue weighted by molar-refractivity contribution is 0.188. The van der Waals surface area contributed by atoms with Crippen LogP contribution in [-0.2, 0) is 0 Å². The maximum absolute atomic E-state index is 4.11. The largest absolute Gasteiger partial charge is 0.103 e. The number of allylic oxidation sites excluding steroid dienone is 1. The van der Waals surface area contributed by atoms with Crippen LogP contribution < -0.4 is 0 Å². The second-order valence-corrected chi connectivity index (χ2v) is 5.76. The maximum Gasteiger partial charge on any atom is -0.00872 e. The summed E-state index contributed by atoms with van der Waals surface area (Å²) in [5, 5.41) is 0. The molecular formula is C13H20. The lowest BCUT2D eigenvalue weighted by Gasteiger charge is -2.36. The second kappa shape index (κ2) is 2.40. The van der Waals surface area contributed by atoms with Gasteiger partial charge in [0.2, 0.25) is 0 Å². The standard InChI is InChI=1S/C13H20/c1-2-13-6-4-3-5-11(13)9-12(10-13)7-8-12/h2,11H,1,3-10H2. The van der Waals surface area contributed by atoms with E-state index in [1.54, 1.807) is 6.42 Å². The first kappa shape index (κ1) is 8.08. The van der Waals surface area contributed by atoms with E-state index in [0.29, 0.717) is 5.41 Å². The van der Waals surface area contributed by atoms with Crippen LogP contribution in [0.3, 0.4) is 0 Å². The van der Waals surface area contributed by atoms with E-state index in [1.807, 2.05) is 0 Å². The zero-order valence-electron chi connectivity index (χ0n) is 8.52. The molecule has 0 bridgehead atoms. The molecule has 0 heterocycles. The molecule has 3 rings (SSSR count). The fourth-order valence-corrected chi connectivity index (χ4v) is 4.07. The third-order valence-corrected chi connectivity index (χ3v) is 5.01. The molecule has 0 heteroatoms. The summed E-state index contributed by atoms with van der Waals surface area (Å²) in [7, 11) is 0. The molecule has 3 aliphatic rings. The van der Waals surface area contributed by atoms with Gasteiger partial charge in [-0.05, 0) is 55.3 Å². The quantitative estimate of drug-likeness (QED) is 0.531. The molecule has 0 radical (unpaired) electrons. The molecule has 3 aliphatic carbocycles. The first-order chi connectivity index (χ1) is 6.29. The monoisotopic (exact) mass is 176 g/mol.